The van der Waals surface area contributed by atoms with E-state index in [0.29, 0.717) is 17.8 Å². The summed E-state index contributed by atoms with van der Waals surface area (Å²) in [6.45, 7) is 4.66. The van der Waals surface area contributed by atoms with Gasteiger partial charge in [0.2, 0.25) is 0 Å². The summed E-state index contributed by atoms with van der Waals surface area (Å²) in [4.78, 5) is 12.6. The van der Waals surface area contributed by atoms with Crippen molar-refractivity contribution in [3.8, 4) is 0 Å². The molecule has 0 aromatic heterocycles. The molecule has 0 fully saturated rings. The molecule has 0 radical (unpaired) electrons. The van der Waals surface area contributed by atoms with Crippen molar-refractivity contribution >= 4 is 23.4 Å². The van der Waals surface area contributed by atoms with Crippen LogP contribution in [0.15, 0.2) is 23.1 Å². The molecule has 0 saturated carbocycles. The van der Waals surface area contributed by atoms with Crippen molar-refractivity contribution in [2.45, 2.75) is 25.2 Å². The molecule has 0 aliphatic heterocycles. The topological polar surface area (TPSA) is 55.1 Å². The van der Waals surface area contributed by atoms with Crippen molar-refractivity contribution in [3.05, 3.63) is 23.8 Å². The molecule has 3 N–H and O–H groups in total. The normalized spacial score (nSPS) is 10.1. The molecule has 0 aliphatic carbocycles. The Morgan fingerprint density at radius 3 is 2.75 bits per heavy atom. The highest BCUT2D eigenvalue weighted by Gasteiger charge is 2.07. The average molecular weight is 238 g/mol. The Hall–Kier alpha value is -1.16. The molecule has 0 heterocycles. The number of nitrogens with one attached hydrogen (secondary N) is 1. The van der Waals surface area contributed by atoms with Crippen LogP contribution in [0.4, 0.5) is 5.69 Å². The van der Waals surface area contributed by atoms with Gasteiger partial charge in [-0.15, -0.1) is 11.8 Å². The second kappa shape index (κ2) is 6.43. The molecule has 88 valence electrons. The van der Waals surface area contributed by atoms with Gasteiger partial charge in [-0.2, -0.15) is 0 Å². The zero-order chi connectivity index (χ0) is 12.0. The smallest absolute Gasteiger partial charge is 0.251 e. The highest BCUT2D eigenvalue weighted by molar-refractivity contribution is 7.99. The van der Waals surface area contributed by atoms with Crippen LogP contribution >= 0.6 is 11.8 Å². The van der Waals surface area contributed by atoms with E-state index in [0.717, 1.165) is 17.1 Å². The van der Waals surface area contributed by atoms with E-state index in [9.17, 15) is 4.79 Å². The number of nitrogens with two attached hydrogens (primary N) is 1. The number of amides is 1. The lowest BCUT2D eigenvalue weighted by Gasteiger charge is -2.07. The Kier molecular flexibility index (Phi) is 5.19. The average Bonchev–Trinajstić information content (AvgIpc) is 2.27. The van der Waals surface area contributed by atoms with Crippen molar-refractivity contribution in [2.24, 2.45) is 0 Å². The van der Waals surface area contributed by atoms with Crippen LogP contribution in [0.25, 0.3) is 0 Å². The van der Waals surface area contributed by atoms with Crippen LogP contribution in [0, 0.1) is 0 Å². The molecule has 0 unspecified atom stereocenters. The minimum atomic E-state index is -0.0683. The summed E-state index contributed by atoms with van der Waals surface area (Å²) in [6, 6.07) is 5.47. The third-order valence-electron chi connectivity index (χ3n) is 2.07. The van der Waals surface area contributed by atoms with Gasteiger partial charge in [0.05, 0.1) is 0 Å². The number of rotatable bonds is 5. The van der Waals surface area contributed by atoms with Gasteiger partial charge in [-0.25, -0.2) is 0 Å². The summed E-state index contributed by atoms with van der Waals surface area (Å²) < 4.78 is 0. The molecular weight excluding hydrogens is 220 g/mol. The zero-order valence-corrected chi connectivity index (χ0v) is 10.6. The molecule has 1 rings (SSSR count). The molecule has 1 aromatic rings. The van der Waals surface area contributed by atoms with Gasteiger partial charge < -0.3 is 11.1 Å². The summed E-state index contributed by atoms with van der Waals surface area (Å²) in [5.41, 5.74) is 7.20. The van der Waals surface area contributed by atoms with Gasteiger partial charge in [0, 0.05) is 22.7 Å². The highest BCUT2D eigenvalue weighted by Crippen LogP contribution is 2.26. The number of benzene rings is 1. The van der Waals surface area contributed by atoms with Crippen LogP contribution < -0.4 is 11.1 Å². The number of carbonyl (C=O) groups excluding carboxylic acids is 1. The van der Waals surface area contributed by atoms with Crippen LogP contribution in [0.5, 0.6) is 0 Å². The van der Waals surface area contributed by atoms with Crippen LogP contribution in [-0.2, 0) is 0 Å². The molecule has 16 heavy (non-hydrogen) atoms. The summed E-state index contributed by atoms with van der Waals surface area (Å²) >= 11 is 1.72. The second-order valence-electron chi connectivity index (χ2n) is 3.46. The molecule has 0 aliphatic rings. The third-order valence-corrected chi connectivity index (χ3v) is 3.37. The molecule has 1 amide bonds. The van der Waals surface area contributed by atoms with Crippen molar-refractivity contribution in [1.82, 2.24) is 5.32 Å². The first-order valence-corrected chi connectivity index (χ1v) is 6.48. The predicted molar refractivity (Wildman–Crippen MR) is 69.9 cm³/mol. The predicted octanol–water partition coefficient (Wildman–Crippen LogP) is 2.52. The summed E-state index contributed by atoms with van der Waals surface area (Å²) in [6.07, 6.45) is 1.11. The fourth-order valence-corrected chi connectivity index (χ4v) is 2.11. The lowest BCUT2D eigenvalue weighted by molar-refractivity contribution is 0.0956. The number of hydrogen-bond donors (Lipinski definition) is 2. The molecule has 0 bridgehead atoms. The van der Waals surface area contributed by atoms with Crippen LogP contribution in [0.3, 0.4) is 0 Å². The van der Waals surface area contributed by atoms with E-state index in [4.69, 9.17) is 5.73 Å². The van der Waals surface area contributed by atoms with Crippen molar-refractivity contribution in [1.29, 1.82) is 0 Å². The standard InChI is InChI=1S/C12H18N2OS/c1-3-7-16-11-6-5-9(8-10(11)13)12(15)14-4-2/h5-6,8H,3-4,7,13H2,1-2H3,(H,14,15). The first kappa shape index (κ1) is 12.9. The molecule has 4 heteroatoms. The van der Waals surface area contributed by atoms with E-state index in [-0.39, 0.29) is 5.91 Å². The summed E-state index contributed by atoms with van der Waals surface area (Å²) in [5.74, 6) is 0.978. The number of hydrogen-bond acceptors (Lipinski definition) is 3. The van der Waals surface area contributed by atoms with E-state index in [1.807, 2.05) is 19.1 Å². The fourth-order valence-electron chi connectivity index (χ4n) is 1.30. The highest BCUT2D eigenvalue weighted by atomic mass is 32.2. The van der Waals surface area contributed by atoms with Crippen molar-refractivity contribution < 1.29 is 4.79 Å². The number of nitrogen functional groups attached to an aromatic ring is 1. The van der Waals surface area contributed by atoms with Crippen molar-refractivity contribution in [2.75, 3.05) is 18.0 Å². The molecule has 1 aromatic carbocycles. The Morgan fingerprint density at radius 2 is 2.19 bits per heavy atom. The quantitative estimate of drug-likeness (QED) is 0.612. The molecule has 0 atom stereocenters. The molecule has 3 nitrogen and oxygen atoms in total. The SMILES string of the molecule is CCCSc1ccc(C(=O)NCC)cc1N. The lowest BCUT2D eigenvalue weighted by Crippen LogP contribution is -2.22. The van der Waals surface area contributed by atoms with Gasteiger partial charge in [0.1, 0.15) is 0 Å². The minimum Gasteiger partial charge on any atom is -0.398 e. The maximum absolute atomic E-state index is 11.5. The van der Waals surface area contributed by atoms with E-state index in [1.54, 1.807) is 17.8 Å². The Bertz CT molecular complexity index is 366. The van der Waals surface area contributed by atoms with E-state index < -0.39 is 0 Å². The van der Waals surface area contributed by atoms with Gasteiger partial charge in [-0.3, -0.25) is 4.79 Å². The fraction of sp³-hybridized carbons (Fsp3) is 0.417. The second-order valence-corrected chi connectivity index (χ2v) is 4.60. The lowest BCUT2D eigenvalue weighted by atomic mass is 10.2. The molecule has 0 spiro atoms. The Labute approximate surface area is 101 Å². The Balaban J connectivity index is 2.78. The monoisotopic (exact) mass is 238 g/mol. The Morgan fingerprint density at radius 1 is 1.44 bits per heavy atom. The van der Waals surface area contributed by atoms with Crippen LogP contribution in [0.2, 0.25) is 0 Å². The number of carbonyl (C=O) groups is 1. The number of thioether (sulfide) groups is 1. The maximum atomic E-state index is 11.5. The maximum Gasteiger partial charge on any atom is 0.251 e. The van der Waals surface area contributed by atoms with Crippen LogP contribution in [-0.4, -0.2) is 18.2 Å². The first-order chi connectivity index (χ1) is 7.69. The van der Waals surface area contributed by atoms with E-state index >= 15 is 0 Å². The van der Waals surface area contributed by atoms with Gasteiger partial charge >= 0.3 is 0 Å². The number of anilines is 1. The largest absolute Gasteiger partial charge is 0.398 e. The van der Waals surface area contributed by atoms with Crippen molar-refractivity contribution in [3.63, 3.8) is 0 Å². The molecule has 0 saturated heterocycles. The van der Waals surface area contributed by atoms with Gasteiger partial charge in [-0.1, -0.05) is 6.92 Å². The molecular formula is C12H18N2OS. The summed E-state index contributed by atoms with van der Waals surface area (Å²) in [5, 5.41) is 2.75. The first-order valence-electron chi connectivity index (χ1n) is 5.49. The summed E-state index contributed by atoms with van der Waals surface area (Å²) in [7, 11) is 0. The van der Waals surface area contributed by atoms with E-state index in [1.165, 1.54) is 0 Å². The van der Waals surface area contributed by atoms with Gasteiger partial charge in [0.25, 0.3) is 5.91 Å². The van der Waals surface area contributed by atoms with Gasteiger partial charge in [-0.05, 0) is 37.3 Å². The van der Waals surface area contributed by atoms with Gasteiger partial charge in [0.15, 0.2) is 0 Å². The zero-order valence-electron chi connectivity index (χ0n) is 9.75. The van der Waals surface area contributed by atoms with Crippen LogP contribution in [0.1, 0.15) is 30.6 Å². The van der Waals surface area contributed by atoms with E-state index in [2.05, 4.69) is 12.2 Å². The third kappa shape index (κ3) is 3.45. The minimum absolute atomic E-state index is 0.0683.